The lowest BCUT2D eigenvalue weighted by Gasteiger charge is -2.22. The zero-order valence-corrected chi connectivity index (χ0v) is 12.7. The predicted molar refractivity (Wildman–Crippen MR) is 76.4 cm³/mol. The van der Waals surface area contributed by atoms with E-state index in [0.717, 1.165) is 0 Å². The number of methoxy groups -OCH3 is 1. The van der Waals surface area contributed by atoms with Gasteiger partial charge in [-0.2, -0.15) is 0 Å². The summed E-state index contributed by atoms with van der Waals surface area (Å²) in [4.78, 5) is 0. The van der Waals surface area contributed by atoms with Gasteiger partial charge in [0, 0.05) is 20.2 Å². The fraction of sp³-hybridized carbons (Fsp3) is 0.600. The van der Waals surface area contributed by atoms with Gasteiger partial charge in [0.1, 0.15) is 6.61 Å². The Bertz CT molecular complexity index is 430. The van der Waals surface area contributed by atoms with Crippen LogP contribution in [0.15, 0.2) is 12.1 Å². The summed E-state index contributed by atoms with van der Waals surface area (Å²) in [7, 11) is 1.58. The molecule has 0 fully saturated rings. The number of rotatable bonds is 9. The molecule has 0 radical (unpaired) electrons. The van der Waals surface area contributed by atoms with Crippen LogP contribution in [0.5, 0.6) is 5.75 Å². The minimum Gasteiger partial charge on any atom is -0.485 e. The van der Waals surface area contributed by atoms with Gasteiger partial charge in [0.05, 0.1) is 12.2 Å². The van der Waals surface area contributed by atoms with Gasteiger partial charge in [0.15, 0.2) is 17.4 Å². The van der Waals surface area contributed by atoms with Crippen molar-refractivity contribution in [1.29, 1.82) is 0 Å². The van der Waals surface area contributed by atoms with E-state index in [1.165, 1.54) is 12.1 Å². The molecule has 0 amide bonds. The topological polar surface area (TPSA) is 50.7 Å². The molecular formula is C15H23F2NO3. The van der Waals surface area contributed by atoms with Crippen molar-refractivity contribution in [3.05, 3.63) is 29.3 Å². The second-order valence-electron chi connectivity index (χ2n) is 5.20. The molecule has 4 nitrogen and oxygen atoms in total. The van der Waals surface area contributed by atoms with Crippen LogP contribution in [0.4, 0.5) is 8.78 Å². The van der Waals surface area contributed by atoms with Gasteiger partial charge in [-0.1, -0.05) is 6.92 Å². The first-order valence-corrected chi connectivity index (χ1v) is 6.92. The standard InChI is InChI=1S/C15H23F2NO3/c1-4-15(2,19)10-21-14-12(16)7-11(8-13(14)17)9-18-5-6-20-3/h7-8,18-19H,4-6,9-10H2,1-3H3. The molecule has 0 aliphatic carbocycles. The molecule has 21 heavy (non-hydrogen) atoms. The summed E-state index contributed by atoms with van der Waals surface area (Å²) in [5, 5.41) is 12.8. The molecule has 1 unspecified atom stereocenters. The van der Waals surface area contributed by atoms with Crippen molar-refractivity contribution >= 4 is 0 Å². The summed E-state index contributed by atoms with van der Waals surface area (Å²) in [5.41, 5.74) is -0.630. The molecule has 0 spiro atoms. The van der Waals surface area contributed by atoms with Gasteiger partial charge in [-0.3, -0.25) is 0 Å². The van der Waals surface area contributed by atoms with Crippen LogP contribution in [0.2, 0.25) is 0 Å². The second kappa shape index (κ2) is 8.26. The third-order valence-electron chi connectivity index (χ3n) is 3.16. The van der Waals surface area contributed by atoms with Crippen LogP contribution in [0, 0.1) is 11.6 Å². The first kappa shape index (κ1) is 17.8. The van der Waals surface area contributed by atoms with E-state index in [9.17, 15) is 13.9 Å². The summed E-state index contributed by atoms with van der Waals surface area (Å²) in [5.74, 6) is -2.00. The number of halogens is 2. The molecule has 2 N–H and O–H groups in total. The highest BCUT2D eigenvalue weighted by Crippen LogP contribution is 2.24. The lowest BCUT2D eigenvalue weighted by atomic mass is 10.1. The molecule has 1 atom stereocenters. The Morgan fingerprint density at radius 1 is 1.29 bits per heavy atom. The maximum Gasteiger partial charge on any atom is 0.190 e. The lowest BCUT2D eigenvalue weighted by molar-refractivity contribution is 0.00610. The molecule has 0 saturated carbocycles. The monoisotopic (exact) mass is 303 g/mol. The quantitative estimate of drug-likeness (QED) is 0.687. The van der Waals surface area contributed by atoms with Crippen LogP contribution < -0.4 is 10.1 Å². The third-order valence-corrected chi connectivity index (χ3v) is 3.16. The first-order chi connectivity index (χ1) is 9.89. The average molecular weight is 303 g/mol. The predicted octanol–water partition coefficient (Wildman–Crippen LogP) is 2.24. The highest BCUT2D eigenvalue weighted by Gasteiger charge is 2.21. The van der Waals surface area contributed by atoms with Crippen molar-refractivity contribution in [1.82, 2.24) is 5.32 Å². The van der Waals surface area contributed by atoms with Gasteiger partial charge in [-0.15, -0.1) is 0 Å². The van der Waals surface area contributed by atoms with E-state index in [0.29, 0.717) is 31.7 Å². The van der Waals surface area contributed by atoms with E-state index < -0.39 is 23.0 Å². The van der Waals surface area contributed by atoms with Crippen LogP contribution in [0.3, 0.4) is 0 Å². The maximum atomic E-state index is 13.9. The van der Waals surface area contributed by atoms with Crippen molar-refractivity contribution in [2.45, 2.75) is 32.4 Å². The molecule has 1 aromatic rings. The zero-order chi connectivity index (χ0) is 15.9. The largest absolute Gasteiger partial charge is 0.485 e. The Morgan fingerprint density at radius 2 is 1.90 bits per heavy atom. The highest BCUT2D eigenvalue weighted by atomic mass is 19.1. The van der Waals surface area contributed by atoms with Gasteiger partial charge in [0.2, 0.25) is 0 Å². The van der Waals surface area contributed by atoms with E-state index in [1.54, 1.807) is 21.0 Å². The minimum absolute atomic E-state index is 0.164. The molecule has 0 bridgehead atoms. The van der Waals surface area contributed by atoms with Crippen molar-refractivity contribution < 1.29 is 23.4 Å². The van der Waals surface area contributed by atoms with E-state index in [1.807, 2.05) is 0 Å². The normalized spacial score (nSPS) is 14.0. The Morgan fingerprint density at radius 3 is 2.43 bits per heavy atom. The summed E-state index contributed by atoms with van der Waals surface area (Å²) in [6.45, 7) is 4.62. The van der Waals surface area contributed by atoms with Gasteiger partial charge in [-0.05, 0) is 31.0 Å². The van der Waals surface area contributed by atoms with Gasteiger partial charge >= 0.3 is 0 Å². The van der Waals surface area contributed by atoms with E-state index in [2.05, 4.69) is 5.32 Å². The van der Waals surface area contributed by atoms with Crippen molar-refractivity contribution in [3.8, 4) is 5.75 Å². The van der Waals surface area contributed by atoms with E-state index >= 15 is 0 Å². The van der Waals surface area contributed by atoms with Crippen molar-refractivity contribution in [2.75, 3.05) is 26.9 Å². The Hall–Kier alpha value is -1.24. The number of hydrogen-bond donors (Lipinski definition) is 2. The van der Waals surface area contributed by atoms with E-state index in [4.69, 9.17) is 9.47 Å². The minimum atomic E-state index is -1.11. The molecule has 1 rings (SSSR count). The van der Waals surface area contributed by atoms with Crippen LogP contribution in [-0.4, -0.2) is 37.6 Å². The molecule has 120 valence electrons. The second-order valence-corrected chi connectivity index (χ2v) is 5.20. The summed E-state index contributed by atoms with van der Waals surface area (Å²) in [6, 6.07) is 2.44. The van der Waals surface area contributed by atoms with Crippen LogP contribution in [0.25, 0.3) is 0 Å². The van der Waals surface area contributed by atoms with Gasteiger partial charge in [0.25, 0.3) is 0 Å². The molecular weight excluding hydrogens is 280 g/mol. The molecule has 1 aromatic carbocycles. The maximum absolute atomic E-state index is 13.9. The summed E-state index contributed by atoms with van der Waals surface area (Å²) in [6.07, 6.45) is 0.428. The molecule has 0 heterocycles. The molecule has 0 aliphatic rings. The average Bonchev–Trinajstić information content (AvgIpc) is 2.42. The van der Waals surface area contributed by atoms with Crippen LogP contribution in [-0.2, 0) is 11.3 Å². The highest BCUT2D eigenvalue weighted by molar-refractivity contribution is 5.31. The number of nitrogens with one attached hydrogen (secondary N) is 1. The molecule has 0 aromatic heterocycles. The number of ether oxygens (including phenoxy) is 2. The number of aliphatic hydroxyl groups is 1. The molecule has 0 aliphatic heterocycles. The third kappa shape index (κ3) is 5.95. The first-order valence-electron chi connectivity index (χ1n) is 6.92. The van der Waals surface area contributed by atoms with E-state index in [-0.39, 0.29) is 6.61 Å². The fourth-order valence-electron chi connectivity index (χ4n) is 1.59. The van der Waals surface area contributed by atoms with Gasteiger partial charge in [-0.25, -0.2) is 8.78 Å². The molecule has 0 saturated heterocycles. The van der Waals surface area contributed by atoms with Crippen molar-refractivity contribution in [2.24, 2.45) is 0 Å². The fourth-order valence-corrected chi connectivity index (χ4v) is 1.59. The summed E-state index contributed by atoms with van der Waals surface area (Å²) >= 11 is 0. The zero-order valence-electron chi connectivity index (χ0n) is 12.7. The SMILES string of the molecule is CCC(C)(O)COc1c(F)cc(CNCCOC)cc1F. The lowest BCUT2D eigenvalue weighted by Crippen LogP contribution is -2.31. The molecule has 6 heteroatoms. The Balaban J connectivity index is 2.67. The smallest absolute Gasteiger partial charge is 0.190 e. The van der Waals surface area contributed by atoms with Crippen molar-refractivity contribution in [3.63, 3.8) is 0 Å². The Kier molecular flexibility index (Phi) is 7.01. The Labute approximate surface area is 124 Å². The summed E-state index contributed by atoms with van der Waals surface area (Å²) < 4.78 is 37.7. The number of benzene rings is 1. The van der Waals surface area contributed by atoms with Gasteiger partial charge < -0.3 is 19.9 Å². The number of hydrogen-bond acceptors (Lipinski definition) is 4. The van der Waals surface area contributed by atoms with Crippen LogP contribution >= 0.6 is 0 Å². The van der Waals surface area contributed by atoms with Crippen LogP contribution in [0.1, 0.15) is 25.8 Å².